The van der Waals surface area contributed by atoms with Crippen LogP contribution in [0.2, 0.25) is 0 Å². The monoisotopic (exact) mass is 380 g/mol. The molecule has 0 bridgehead atoms. The largest absolute Gasteiger partial charge is 0.497 e. The lowest BCUT2D eigenvalue weighted by Gasteiger charge is -2.18. The Kier molecular flexibility index (Phi) is 6.04. The van der Waals surface area contributed by atoms with Crippen LogP contribution in [0.25, 0.3) is 0 Å². The molecule has 0 aliphatic carbocycles. The average Bonchev–Trinajstić information content (AvgIpc) is 3.06. The molecule has 9 heteroatoms. The first-order valence-corrected chi connectivity index (χ1v) is 8.41. The van der Waals surface area contributed by atoms with Crippen molar-refractivity contribution in [1.29, 1.82) is 0 Å². The maximum absolute atomic E-state index is 13.6. The number of halogens is 1. The first-order chi connectivity index (χ1) is 13.0. The Hall–Kier alpha value is -2.49. The molecule has 2 aromatic rings. The number of aromatic amines is 1. The van der Waals surface area contributed by atoms with Crippen LogP contribution in [0, 0.1) is 5.82 Å². The predicted molar refractivity (Wildman–Crippen MR) is 93.3 cm³/mol. The molecule has 27 heavy (non-hydrogen) atoms. The molecule has 1 saturated heterocycles. The van der Waals surface area contributed by atoms with Gasteiger partial charge in [0, 0.05) is 13.5 Å². The fourth-order valence-electron chi connectivity index (χ4n) is 2.96. The number of hydrogen-bond donors (Lipinski definition) is 1. The Balaban J connectivity index is 1.71. The van der Waals surface area contributed by atoms with E-state index in [0.717, 1.165) is 22.1 Å². The van der Waals surface area contributed by atoms with Gasteiger partial charge < -0.3 is 18.9 Å². The van der Waals surface area contributed by atoms with Crippen molar-refractivity contribution in [3.63, 3.8) is 0 Å². The molecule has 0 saturated carbocycles. The summed E-state index contributed by atoms with van der Waals surface area (Å²) in [6.07, 6.45) is -0.388. The maximum Gasteiger partial charge on any atom is 0.330 e. The van der Waals surface area contributed by atoms with Gasteiger partial charge in [0.1, 0.15) is 18.1 Å². The molecule has 1 N–H and O–H groups in total. The van der Waals surface area contributed by atoms with E-state index in [1.807, 2.05) is 29.2 Å². The zero-order chi connectivity index (χ0) is 19.4. The van der Waals surface area contributed by atoms with Crippen LogP contribution in [-0.2, 0) is 20.8 Å². The van der Waals surface area contributed by atoms with Gasteiger partial charge in [-0.2, -0.15) is 4.39 Å². The van der Waals surface area contributed by atoms with E-state index in [4.69, 9.17) is 18.9 Å². The van der Waals surface area contributed by atoms with Crippen LogP contribution >= 0.6 is 0 Å². The van der Waals surface area contributed by atoms with Gasteiger partial charge in [-0.3, -0.25) is 14.3 Å². The van der Waals surface area contributed by atoms with E-state index in [1.54, 1.807) is 7.11 Å². The van der Waals surface area contributed by atoms with Crippen LogP contribution in [-0.4, -0.2) is 42.6 Å². The summed E-state index contributed by atoms with van der Waals surface area (Å²) in [4.78, 5) is 25.1. The van der Waals surface area contributed by atoms with Crippen LogP contribution in [0.4, 0.5) is 4.39 Å². The van der Waals surface area contributed by atoms with Crippen molar-refractivity contribution in [2.75, 3.05) is 20.8 Å². The van der Waals surface area contributed by atoms with Gasteiger partial charge in [-0.05, 0) is 17.7 Å². The van der Waals surface area contributed by atoms with E-state index in [2.05, 4.69) is 0 Å². The van der Waals surface area contributed by atoms with Gasteiger partial charge in [0.05, 0.1) is 32.6 Å². The topological polar surface area (TPSA) is 91.8 Å². The Morgan fingerprint density at radius 1 is 1.26 bits per heavy atom. The van der Waals surface area contributed by atoms with E-state index >= 15 is 0 Å². The lowest BCUT2D eigenvalue weighted by molar-refractivity contribution is -0.0733. The van der Waals surface area contributed by atoms with Crippen LogP contribution in [0.5, 0.6) is 5.75 Å². The Bertz CT molecular complexity index is 879. The number of benzene rings is 1. The second-order valence-corrected chi connectivity index (χ2v) is 6.16. The molecule has 1 aromatic heterocycles. The third kappa shape index (κ3) is 4.44. The van der Waals surface area contributed by atoms with Crippen molar-refractivity contribution in [3.05, 3.63) is 62.7 Å². The molecule has 146 valence electrons. The normalized spacial score (nSPS) is 22.1. The molecule has 0 unspecified atom stereocenters. The summed E-state index contributed by atoms with van der Waals surface area (Å²) in [5.41, 5.74) is -0.851. The third-order valence-electron chi connectivity index (χ3n) is 4.37. The zero-order valence-corrected chi connectivity index (χ0v) is 15.0. The third-order valence-corrected chi connectivity index (χ3v) is 4.37. The van der Waals surface area contributed by atoms with Gasteiger partial charge in [-0.25, -0.2) is 4.79 Å². The Morgan fingerprint density at radius 3 is 2.67 bits per heavy atom. The summed E-state index contributed by atoms with van der Waals surface area (Å²) in [5, 5.41) is 0. The molecule has 3 rings (SSSR count). The van der Waals surface area contributed by atoms with Crippen molar-refractivity contribution in [3.8, 4) is 5.75 Å². The molecule has 0 amide bonds. The number of aromatic nitrogens is 2. The number of rotatable bonds is 7. The quantitative estimate of drug-likeness (QED) is 0.776. The standard InChI is InChI=1S/C18H21FN2O6/c1-24-10-15-14(26-9-11-3-5-12(25-2)6-4-11)7-16(27-15)21-8-13(19)17(22)20-18(21)23/h3-6,8,14-16H,7,9-10H2,1-2H3,(H,20,22,23)/t14-,15+,16+/m0/s1. The van der Waals surface area contributed by atoms with Crippen LogP contribution in [0.15, 0.2) is 40.1 Å². The fourth-order valence-corrected chi connectivity index (χ4v) is 2.96. The van der Waals surface area contributed by atoms with Crippen LogP contribution in [0.1, 0.15) is 18.2 Å². The van der Waals surface area contributed by atoms with Gasteiger partial charge in [0.2, 0.25) is 5.82 Å². The summed E-state index contributed by atoms with van der Waals surface area (Å²) < 4.78 is 36.6. The smallest absolute Gasteiger partial charge is 0.330 e. The Labute approximate surface area is 154 Å². The molecule has 1 fully saturated rings. The first-order valence-electron chi connectivity index (χ1n) is 8.41. The number of ether oxygens (including phenoxy) is 4. The lowest BCUT2D eigenvalue weighted by atomic mass is 10.1. The fraction of sp³-hybridized carbons (Fsp3) is 0.444. The van der Waals surface area contributed by atoms with Gasteiger partial charge in [0.15, 0.2) is 0 Å². The van der Waals surface area contributed by atoms with E-state index in [0.29, 0.717) is 13.0 Å². The maximum atomic E-state index is 13.6. The number of nitrogens with zero attached hydrogens (tertiary/aromatic N) is 1. The highest BCUT2D eigenvalue weighted by Gasteiger charge is 2.37. The van der Waals surface area contributed by atoms with Crippen molar-refractivity contribution in [2.45, 2.75) is 31.5 Å². The van der Waals surface area contributed by atoms with Gasteiger partial charge >= 0.3 is 5.69 Å². The molecule has 2 heterocycles. The SMILES string of the molecule is COC[C@H]1O[C@@H](n2cc(F)c(=O)[nH]c2=O)C[C@@H]1OCc1ccc(OC)cc1. The highest BCUT2D eigenvalue weighted by atomic mass is 19.1. The minimum absolute atomic E-state index is 0.254. The summed E-state index contributed by atoms with van der Waals surface area (Å²) in [6.45, 7) is 0.588. The summed E-state index contributed by atoms with van der Waals surface area (Å²) in [7, 11) is 3.13. The second-order valence-electron chi connectivity index (χ2n) is 6.16. The van der Waals surface area contributed by atoms with Gasteiger partial charge in [0.25, 0.3) is 5.56 Å². The first kappa shape index (κ1) is 19.3. The van der Waals surface area contributed by atoms with E-state index in [9.17, 15) is 14.0 Å². The summed E-state index contributed by atoms with van der Waals surface area (Å²) in [5.74, 6) is -0.302. The van der Waals surface area contributed by atoms with Crippen LogP contribution in [0.3, 0.4) is 0 Å². The molecule has 0 spiro atoms. The van der Waals surface area contributed by atoms with Crippen molar-refractivity contribution >= 4 is 0 Å². The highest BCUT2D eigenvalue weighted by Crippen LogP contribution is 2.30. The number of nitrogens with one attached hydrogen (secondary N) is 1. The van der Waals surface area contributed by atoms with E-state index in [1.165, 1.54) is 7.11 Å². The molecular weight excluding hydrogens is 359 g/mol. The van der Waals surface area contributed by atoms with Crippen molar-refractivity contribution < 1.29 is 23.3 Å². The zero-order valence-electron chi connectivity index (χ0n) is 15.0. The molecule has 8 nitrogen and oxygen atoms in total. The minimum atomic E-state index is -1.06. The predicted octanol–water partition coefficient (Wildman–Crippen LogP) is 1.20. The number of H-pyrrole nitrogens is 1. The summed E-state index contributed by atoms with van der Waals surface area (Å²) >= 11 is 0. The van der Waals surface area contributed by atoms with Crippen LogP contribution < -0.4 is 16.0 Å². The highest BCUT2D eigenvalue weighted by molar-refractivity contribution is 5.26. The van der Waals surface area contributed by atoms with Crippen molar-refractivity contribution in [1.82, 2.24) is 9.55 Å². The van der Waals surface area contributed by atoms with Crippen molar-refractivity contribution in [2.24, 2.45) is 0 Å². The number of methoxy groups -OCH3 is 2. The Morgan fingerprint density at radius 2 is 2.00 bits per heavy atom. The molecular formula is C18H21FN2O6. The molecule has 1 aliphatic rings. The molecule has 1 aliphatic heterocycles. The van der Waals surface area contributed by atoms with E-state index < -0.39 is 29.4 Å². The van der Waals surface area contributed by atoms with Gasteiger partial charge in [-0.15, -0.1) is 0 Å². The minimum Gasteiger partial charge on any atom is -0.497 e. The second kappa shape index (κ2) is 8.47. The molecule has 1 aromatic carbocycles. The number of hydrogen-bond acceptors (Lipinski definition) is 6. The summed E-state index contributed by atoms with van der Waals surface area (Å²) in [6, 6.07) is 7.45. The van der Waals surface area contributed by atoms with E-state index in [-0.39, 0.29) is 12.7 Å². The lowest BCUT2D eigenvalue weighted by Crippen LogP contribution is -2.34. The van der Waals surface area contributed by atoms with Gasteiger partial charge in [-0.1, -0.05) is 12.1 Å². The molecule has 3 atom stereocenters. The average molecular weight is 380 g/mol. The molecule has 0 radical (unpaired) electrons.